The van der Waals surface area contributed by atoms with E-state index in [-0.39, 0.29) is 32.6 Å². The molecule has 3 N–H and O–H groups in total. The maximum Gasteiger partial charge on any atom is 0.472 e. The molecule has 330 valence electrons. The van der Waals surface area contributed by atoms with Gasteiger partial charge in [-0.25, -0.2) is 4.57 Å². The van der Waals surface area contributed by atoms with Crippen LogP contribution in [-0.4, -0.2) is 49.3 Å². The van der Waals surface area contributed by atoms with Crippen molar-refractivity contribution >= 4 is 19.8 Å². The number of unbranched alkanes of at least 4 members (excludes halogenated alkanes) is 19. The minimum atomic E-state index is -4.39. The van der Waals surface area contributed by atoms with Gasteiger partial charge < -0.3 is 20.1 Å². The van der Waals surface area contributed by atoms with E-state index < -0.39 is 32.5 Å². The SMILES string of the molecule is CCC=CCC=CCC=CCC=CCCCCCCC(=O)OC(COC(=O)CCCCCCCCCCCC=CCCCCCCCC)COP(=O)(O)OCCN. The van der Waals surface area contributed by atoms with Crippen molar-refractivity contribution in [2.75, 3.05) is 26.4 Å². The second-order valence-corrected chi connectivity index (χ2v) is 16.3. The van der Waals surface area contributed by atoms with Gasteiger partial charge in [-0.05, 0) is 77.0 Å². The molecule has 0 amide bonds. The molecule has 0 radical (unpaired) electrons. The first kappa shape index (κ1) is 54.7. The molecule has 0 fully saturated rings. The molecule has 0 aliphatic rings. The number of carbonyl (C=O) groups is 2. The van der Waals surface area contributed by atoms with Crippen LogP contribution in [0.5, 0.6) is 0 Å². The molecule has 0 aliphatic heterocycles. The van der Waals surface area contributed by atoms with Gasteiger partial charge in [0.1, 0.15) is 6.61 Å². The molecule has 57 heavy (non-hydrogen) atoms. The van der Waals surface area contributed by atoms with E-state index in [9.17, 15) is 19.0 Å². The molecule has 2 unspecified atom stereocenters. The molecule has 0 spiro atoms. The molecule has 0 aliphatic carbocycles. The minimum Gasteiger partial charge on any atom is -0.462 e. The third kappa shape index (κ3) is 43.1. The molecule has 0 aromatic heterocycles. The summed E-state index contributed by atoms with van der Waals surface area (Å²) in [7, 11) is -4.39. The highest BCUT2D eigenvalue weighted by molar-refractivity contribution is 7.47. The Bertz CT molecular complexity index is 1120. The van der Waals surface area contributed by atoms with E-state index in [1.54, 1.807) is 0 Å². The van der Waals surface area contributed by atoms with Gasteiger partial charge in [0, 0.05) is 19.4 Å². The van der Waals surface area contributed by atoms with Crippen molar-refractivity contribution in [3.05, 3.63) is 60.8 Å². The number of carbonyl (C=O) groups excluding carboxylic acids is 2. The summed E-state index contributed by atoms with van der Waals surface area (Å²) in [6.45, 7) is 3.59. The van der Waals surface area contributed by atoms with Crippen molar-refractivity contribution in [2.24, 2.45) is 5.73 Å². The van der Waals surface area contributed by atoms with Crippen LogP contribution >= 0.6 is 7.82 Å². The Morgan fingerprint density at radius 3 is 1.46 bits per heavy atom. The molecular formula is C47H84NO8P. The zero-order valence-electron chi connectivity index (χ0n) is 36.3. The fraction of sp³-hybridized carbons (Fsp3) is 0.745. The lowest BCUT2D eigenvalue weighted by atomic mass is 10.1. The highest BCUT2D eigenvalue weighted by Crippen LogP contribution is 2.43. The predicted octanol–water partition coefficient (Wildman–Crippen LogP) is 13.3. The first-order chi connectivity index (χ1) is 27.8. The Kier molecular flexibility index (Phi) is 41.6. The maximum atomic E-state index is 12.6. The molecule has 0 saturated heterocycles. The van der Waals surface area contributed by atoms with Gasteiger partial charge in [-0.15, -0.1) is 0 Å². The second kappa shape index (κ2) is 43.3. The van der Waals surface area contributed by atoms with E-state index in [0.29, 0.717) is 6.42 Å². The number of esters is 2. The third-order valence-corrected chi connectivity index (χ3v) is 10.4. The second-order valence-electron chi connectivity index (χ2n) is 14.9. The van der Waals surface area contributed by atoms with Crippen LogP contribution < -0.4 is 5.73 Å². The Morgan fingerprint density at radius 2 is 0.965 bits per heavy atom. The standard InChI is InChI=1S/C47H84NO8P/c1-3-5-7-9-11-13-15-17-19-21-22-24-25-27-29-31-33-35-37-39-46(49)53-43-45(44-55-57(51,52)54-42-41-48)56-47(50)40-38-36-34-32-30-28-26-23-20-18-16-14-12-10-8-6-4-2/h6,8,12,14,17-20,26,28,45H,3-5,7,9-11,13,15-16,21-25,27,29-44,48H2,1-2H3,(H,51,52). The average Bonchev–Trinajstić information content (AvgIpc) is 3.20. The molecule has 2 atom stereocenters. The van der Waals surface area contributed by atoms with Crippen molar-refractivity contribution in [1.29, 1.82) is 0 Å². The molecule has 9 nitrogen and oxygen atoms in total. The summed E-state index contributed by atoms with van der Waals surface area (Å²) in [5, 5.41) is 0. The minimum absolute atomic E-state index is 0.0465. The first-order valence-electron chi connectivity index (χ1n) is 22.8. The number of hydrogen-bond acceptors (Lipinski definition) is 8. The van der Waals surface area contributed by atoms with Crippen molar-refractivity contribution in [3.8, 4) is 0 Å². The van der Waals surface area contributed by atoms with Gasteiger partial charge in [-0.1, -0.05) is 164 Å². The summed E-state index contributed by atoms with van der Waals surface area (Å²) >= 11 is 0. The van der Waals surface area contributed by atoms with E-state index in [1.165, 1.54) is 89.9 Å². The lowest BCUT2D eigenvalue weighted by Gasteiger charge is -2.19. The predicted molar refractivity (Wildman–Crippen MR) is 238 cm³/mol. The molecule has 10 heteroatoms. The summed E-state index contributed by atoms with van der Waals surface area (Å²) in [6.07, 6.45) is 51.1. The van der Waals surface area contributed by atoms with Gasteiger partial charge in [0.2, 0.25) is 0 Å². The summed E-state index contributed by atoms with van der Waals surface area (Å²) in [4.78, 5) is 34.9. The van der Waals surface area contributed by atoms with E-state index in [0.717, 1.165) is 70.6 Å². The van der Waals surface area contributed by atoms with E-state index >= 15 is 0 Å². The fourth-order valence-corrected chi connectivity index (χ4v) is 6.80. The third-order valence-electron chi connectivity index (χ3n) is 9.39. The largest absolute Gasteiger partial charge is 0.472 e. The summed E-state index contributed by atoms with van der Waals surface area (Å²) in [6, 6.07) is 0. The summed E-state index contributed by atoms with van der Waals surface area (Å²) in [5.41, 5.74) is 5.35. The van der Waals surface area contributed by atoms with Gasteiger partial charge >= 0.3 is 19.8 Å². The molecule has 0 rings (SSSR count). The molecular weight excluding hydrogens is 737 g/mol. The quantitative estimate of drug-likeness (QED) is 0.0267. The van der Waals surface area contributed by atoms with Crippen LogP contribution in [0.4, 0.5) is 0 Å². The van der Waals surface area contributed by atoms with Crippen LogP contribution in [0.15, 0.2) is 60.8 Å². The van der Waals surface area contributed by atoms with Crippen molar-refractivity contribution < 1.29 is 37.6 Å². The number of phosphoric acid groups is 1. The Labute approximate surface area is 349 Å². The molecule has 0 heterocycles. The van der Waals surface area contributed by atoms with Crippen LogP contribution in [0.25, 0.3) is 0 Å². The smallest absolute Gasteiger partial charge is 0.462 e. The maximum absolute atomic E-state index is 12.6. The van der Waals surface area contributed by atoms with Gasteiger partial charge in [-0.3, -0.25) is 18.6 Å². The van der Waals surface area contributed by atoms with E-state index in [4.69, 9.17) is 24.3 Å². The van der Waals surface area contributed by atoms with Crippen molar-refractivity contribution in [2.45, 2.75) is 200 Å². The first-order valence-corrected chi connectivity index (χ1v) is 24.3. The zero-order valence-corrected chi connectivity index (χ0v) is 37.2. The fourth-order valence-electron chi connectivity index (χ4n) is 6.03. The highest BCUT2D eigenvalue weighted by Gasteiger charge is 2.26. The Morgan fingerprint density at radius 1 is 0.544 bits per heavy atom. The molecule has 0 aromatic carbocycles. The van der Waals surface area contributed by atoms with Crippen LogP contribution in [0.3, 0.4) is 0 Å². The molecule has 0 aromatic rings. The number of phosphoric ester groups is 1. The summed E-state index contributed by atoms with van der Waals surface area (Å²) < 4.78 is 32.8. The van der Waals surface area contributed by atoms with Crippen LogP contribution in [0.1, 0.15) is 194 Å². The number of hydrogen-bond donors (Lipinski definition) is 2. The Hall–Kier alpha value is -2.29. The number of ether oxygens (including phenoxy) is 2. The number of nitrogens with two attached hydrogens (primary N) is 1. The van der Waals surface area contributed by atoms with Gasteiger partial charge in [0.05, 0.1) is 13.2 Å². The van der Waals surface area contributed by atoms with Crippen molar-refractivity contribution in [3.63, 3.8) is 0 Å². The van der Waals surface area contributed by atoms with Gasteiger partial charge in [0.25, 0.3) is 0 Å². The number of allylic oxidation sites excluding steroid dienone is 10. The topological polar surface area (TPSA) is 134 Å². The molecule has 0 bridgehead atoms. The van der Waals surface area contributed by atoms with Crippen LogP contribution in [-0.2, 0) is 32.7 Å². The van der Waals surface area contributed by atoms with Crippen LogP contribution in [0, 0.1) is 0 Å². The monoisotopic (exact) mass is 822 g/mol. The number of rotatable bonds is 42. The van der Waals surface area contributed by atoms with E-state index in [1.807, 2.05) is 0 Å². The highest BCUT2D eigenvalue weighted by atomic mass is 31.2. The Balaban J connectivity index is 4.16. The average molecular weight is 822 g/mol. The lowest BCUT2D eigenvalue weighted by Crippen LogP contribution is -2.29. The zero-order chi connectivity index (χ0) is 41.8. The van der Waals surface area contributed by atoms with Gasteiger partial charge in [0.15, 0.2) is 6.10 Å². The van der Waals surface area contributed by atoms with E-state index in [2.05, 4.69) is 74.6 Å². The lowest BCUT2D eigenvalue weighted by molar-refractivity contribution is -0.161. The van der Waals surface area contributed by atoms with Gasteiger partial charge in [-0.2, -0.15) is 0 Å². The molecule has 0 saturated carbocycles. The summed E-state index contributed by atoms with van der Waals surface area (Å²) in [5.74, 6) is -0.859. The normalized spacial score (nSPS) is 13.8. The van der Waals surface area contributed by atoms with Crippen LogP contribution in [0.2, 0.25) is 0 Å². The van der Waals surface area contributed by atoms with Crippen molar-refractivity contribution in [1.82, 2.24) is 0 Å².